The Morgan fingerprint density at radius 1 is 1.06 bits per heavy atom. The minimum Gasteiger partial charge on any atom is -0.378 e. The topological polar surface area (TPSA) is 90.2 Å². The van der Waals surface area contributed by atoms with Gasteiger partial charge >= 0.3 is 0 Å². The Hall–Kier alpha value is -2.71. The van der Waals surface area contributed by atoms with Gasteiger partial charge < -0.3 is 19.9 Å². The van der Waals surface area contributed by atoms with Crippen LogP contribution in [-0.2, 0) is 9.53 Å². The predicted molar refractivity (Wildman–Crippen MR) is 122 cm³/mol. The Morgan fingerprint density at radius 3 is 2.48 bits per heavy atom. The molecule has 0 spiro atoms. The van der Waals surface area contributed by atoms with Crippen molar-refractivity contribution in [3.05, 3.63) is 61.8 Å². The van der Waals surface area contributed by atoms with Gasteiger partial charge in [0.05, 0.1) is 18.8 Å². The largest absolute Gasteiger partial charge is 0.378 e. The third-order valence-electron chi connectivity index (χ3n) is 6.36. The molecule has 1 atom stereocenters. The van der Waals surface area contributed by atoms with Crippen LogP contribution >= 0.6 is 12.2 Å². The van der Waals surface area contributed by atoms with Crippen molar-refractivity contribution >= 4 is 29.5 Å². The van der Waals surface area contributed by atoms with Crippen molar-refractivity contribution in [3.63, 3.8) is 0 Å². The number of aromatic nitrogens is 2. The number of hydrogen-bond donors (Lipinski definition) is 3. The Morgan fingerprint density at radius 2 is 1.77 bits per heavy atom. The van der Waals surface area contributed by atoms with Gasteiger partial charge in [-0.05, 0) is 41.7 Å². The fourth-order valence-electron chi connectivity index (χ4n) is 4.98. The second-order valence-electron chi connectivity index (χ2n) is 9.28. The van der Waals surface area contributed by atoms with Gasteiger partial charge in [-0.1, -0.05) is 26.0 Å². The lowest BCUT2D eigenvalue weighted by atomic mass is 9.69. The van der Waals surface area contributed by atoms with Crippen LogP contribution in [0.25, 0.3) is 0 Å². The maximum atomic E-state index is 13.3. The molecule has 3 heterocycles. The summed E-state index contributed by atoms with van der Waals surface area (Å²) in [6.45, 7) is 7.34. The van der Waals surface area contributed by atoms with Gasteiger partial charge in [0.1, 0.15) is 5.82 Å². The zero-order valence-electron chi connectivity index (χ0n) is 17.7. The summed E-state index contributed by atoms with van der Waals surface area (Å²) in [7, 11) is 0. The zero-order chi connectivity index (χ0) is 21.8. The molecule has 1 aliphatic carbocycles. The predicted octanol–water partition coefficient (Wildman–Crippen LogP) is 3.47. The molecule has 3 N–H and O–H groups in total. The first kappa shape index (κ1) is 20.2. The Balaban J connectivity index is 1.63. The standard InChI is InChI=1S/C23H26N4O3S/c1-23(2)11-15-18(16(28)12-23)17(19-20(24-15)25-22(31)26-21(19)29)13-3-5-14(6-4-13)27-7-9-30-10-8-27/h3-6,17H,7-12H2,1-2H3,(H3,24,25,26,29,31)/t17-/m1/s1. The fraction of sp³-hybridized carbons (Fsp3) is 0.435. The van der Waals surface area contributed by atoms with Crippen molar-refractivity contribution in [1.82, 2.24) is 9.97 Å². The molecule has 2 aromatic rings. The molecule has 1 aromatic heterocycles. The molecule has 1 aromatic carbocycles. The summed E-state index contributed by atoms with van der Waals surface area (Å²) in [5.74, 6) is 0.248. The summed E-state index contributed by atoms with van der Waals surface area (Å²) in [6, 6.07) is 8.20. The van der Waals surface area contributed by atoms with Gasteiger partial charge in [0.25, 0.3) is 5.56 Å². The first-order valence-electron chi connectivity index (χ1n) is 10.6. The summed E-state index contributed by atoms with van der Waals surface area (Å²) in [6.07, 6.45) is 1.20. The molecule has 0 bridgehead atoms. The minimum absolute atomic E-state index is 0.0912. The van der Waals surface area contributed by atoms with E-state index in [0.29, 0.717) is 23.4 Å². The van der Waals surface area contributed by atoms with Crippen molar-refractivity contribution in [2.24, 2.45) is 5.41 Å². The number of H-pyrrole nitrogens is 2. The molecule has 3 aliphatic rings. The molecule has 0 unspecified atom stereocenters. The summed E-state index contributed by atoms with van der Waals surface area (Å²) < 4.78 is 5.71. The number of ketones is 1. The molecule has 162 valence electrons. The lowest BCUT2D eigenvalue weighted by molar-refractivity contribution is -0.118. The number of ether oxygens (including phenoxy) is 1. The second kappa shape index (κ2) is 7.46. The Labute approximate surface area is 185 Å². The number of allylic oxidation sites excluding steroid dienone is 2. The number of nitrogens with one attached hydrogen (secondary N) is 3. The maximum absolute atomic E-state index is 13.3. The van der Waals surface area contributed by atoms with E-state index in [1.807, 2.05) is 12.1 Å². The van der Waals surface area contributed by atoms with Crippen LogP contribution in [0.5, 0.6) is 0 Å². The van der Waals surface area contributed by atoms with E-state index in [9.17, 15) is 9.59 Å². The monoisotopic (exact) mass is 438 g/mol. The number of carbonyl (C=O) groups is 1. The van der Waals surface area contributed by atoms with Crippen LogP contribution in [0.2, 0.25) is 0 Å². The van der Waals surface area contributed by atoms with E-state index >= 15 is 0 Å². The van der Waals surface area contributed by atoms with Gasteiger partial charge in [-0.2, -0.15) is 0 Å². The smallest absolute Gasteiger partial charge is 0.257 e. The third-order valence-corrected chi connectivity index (χ3v) is 6.56. The number of aromatic amines is 2. The minimum atomic E-state index is -0.427. The van der Waals surface area contributed by atoms with Crippen LogP contribution in [-0.4, -0.2) is 42.1 Å². The highest BCUT2D eigenvalue weighted by atomic mass is 32.1. The quantitative estimate of drug-likeness (QED) is 0.622. The third kappa shape index (κ3) is 3.64. The highest BCUT2D eigenvalue weighted by Gasteiger charge is 2.42. The number of fused-ring (bicyclic) bond motifs is 1. The number of benzene rings is 1. The molecular formula is C23H26N4O3S. The van der Waals surface area contributed by atoms with Crippen LogP contribution in [0.4, 0.5) is 11.5 Å². The maximum Gasteiger partial charge on any atom is 0.257 e. The summed E-state index contributed by atoms with van der Waals surface area (Å²) in [4.78, 5) is 34.3. The number of rotatable bonds is 2. The molecule has 5 rings (SSSR count). The normalized spacial score (nSPS) is 22.6. The Kier molecular flexibility index (Phi) is 4.86. The number of morpholine rings is 1. The molecule has 0 saturated carbocycles. The zero-order valence-corrected chi connectivity index (χ0v) is 18.5. The first-order chi connectivity index (χ1) is 14.8. The highest BCUT2D eigenvalue weighted by Crippen LogP contribution is 2.47. The fourth-order valence-corrected chi connectivity index (χ4v) is 5.17. The first-order valence-corrected chi connectivity index (χ1v) is 11.1. The number of hydrogen-bond acceptors (Lipinski definition) is 6. The van der Waals surface area contributed by atoms with Crippen LogP contribution in [0.1, 0.15) is 43.7 Å². The molecule has 1 saturated heterocycles. The van der Waals surface area contributed by atoms with E-state index in [1.54, 1.807) is 0 Å². The molecule has 31 heavy (non-hydrogen) atoms. The average molecular weight is 439 g/mol. The van der Waals surface area contributed by atoms with Crippen LogP contribution in [0.15, 0.2) is 40.3 Å². The summed E-state index contributed by atoms with van der Waals surface area (Å²) in [5, 5.41) is 3.32. The molecular weight excluding hydrogens is 412 g/mol. The Bertz CT molecular complexity index is 1190. The second-order valence-corrected chi connectivity index (χ2v) is 9.69. The number of Topliss-reactive ketones (excluding diaryl/α,β-unsaturated/α-hetero) is 1. The summed E-state index contributed by atoms with van der Waals surface area (Å²) >= 11 is 5.19. The van der Waals surface area contributed by atoms with Gasteiger partial charge in [-0.15, -0.1) is 0 Å². The van der Waals surface area contributed by atoms with E-state index in [2.05, 4.69) is 46.2 Å². The average Bonchev–Trinajstić information content (AvgIpc) is 2.72. The van der Waals surface area contributed by atoms with E-state index in [-0.39, 0.29) is 21.5 Å². The van der Waals surface area contributed by atoms with E-state index in [1.165, 1.54) is 0 Å². The van der Waals surface area contributed by atoms with E-state index in [0.717, 1.165) is 49.7 Å². The molecule has 0 radical (unpaired) electrons. The van der Waals surface area contributed by atoms with Gasteiger partial charge in [-0.3, -0.25) is 14.6 Å². The van der Waals surface area contributed by atoms with Crippen molar-refractivity contribution in [3.8, 4) is 0 Å². The highest BCUT2D eigenvalue weighted by molar-refractivity contribution is 7.71. The number of anilines is 2. The number of nitrogens with zero attached hydrogens (tertiary/aromatic N) is 1. The van der Waals surface area contributed by atoms with Crippen molar-refractivity contribution in [1.29, 1.82) is 0 Å². The van der Waals surface area contributed by atoms with Gasteiger partial charge in [0.2, 0.25) is 0 Å². The molecule has 8 heteroatoms. The summed E-state index contributed by atoms with van der Waals surface area (Å²) in [5.41, 5.74) is 3.74. The molecule has 1 fully saturated rings. The lowest BCUT2D eigenvalue weighted by Gasteiger charge is -2.38. The van der Waals surface area contributed by atoms with Crippen LogP contribution in [0.3, 0.4) is 0 Å². The van der Waals surface area contributed by atoms with Gasteiger partial charge in [0, 0.05) is 42.4 Å². The lowest BCUT2D eigenvalue weighted by Crippen LogP contribution is -2.37. The molecule has 2 aliphatic heterocycles. The van der Waals surface area contributed by atoms with Crippen molar-refractivity contribution < 1.29 is 9.53 Å². The van der Waals surface area contributed by atoms with Gasteiger partial charge in [0.15, 0.2) is 10.6 Å². The SMILES string of the molecule is CC1(C)CC(=O)C2=C(C1)Nc1[nH]c(=S)[nH]c(=O)c1[C@@H]2c1ccc(N2CCOCC2)cc1. The molecule has 7 nitrogen and oxygen atoms in total. The van der Waals surface area contributed by atoms with Crippen molar-refractivity contribution in [2.45, 2.75) is 32.6 Å². The number of carbonyl (C=O) groups excluding carboxylic acids is 1. The van der Waals surface area contributed by atoms with Crippen molar-refractivity contribution in [2.75, 3.05) is 36.5 Å². The van der Waals surface area contributed by atoms with E-state index < -0.39 is 5.92 Å². The molecule has 0 amide bonds. The van der Waals surface area contributed by atoms with Crippen LogP contribution < -0.4 is 15.8 Å². The van der Waals surface area contributed by atoms with Crippen LogP contribution in [0, 0.1) is 10.2 Å². The van der Waals surface area contributed by atoms with E-state index in [4.69, 9.17) is 17.0 Å². The van der Waals surface area contributed by atoms with Gasteiger partial charge in [-0.25, -0.2) is 0 Å².